The van der Waals surface area contributed by atoms with E-state index in [1.54, 1.807) is 6.20 Å². The van der Waals surface area contributed by atoms with Crippen LogP contribution < -0.4 is 16.0 Å². The van der Waals surface area contributed by atoms with Gasteiger partial charge in [-0.15, -0.1) is 0 Å². The van der Waals surface area contributed by atoms with Gasteiger partial charge >= 0.3 is 0 Å². The minimum absolute atomic E-state index is 0.217. The van der Waals surface area contributed by atoms with Gasteiger partial charge in [-0.1, -0.05) is 26.0 Å². The molecule has 30 heavy (non-hydrogen) atoms. The zero-order valence-electron chi connectivity index (χ0n) is 17.5. The number of nitrogens with zero attached hydrogens (tertiary/aromatic N) is 4. The van der Waals surface area contributed by atoms with Gasteiger partial charge in [-0.25, -0.2) is 15.0 Å². The van der Waals surface area contributed by atoms with E-state index in [0.717, 1.165) is 41.3 Å². The van der Waals surface area contributed by atoms with E-state index in [-0.39, 0.29) is 5.91 Å². The van der Waals surface area contributed by atoms with Gasteiger partial charge < -0.3 is 16.0 Å². The average Bonchev–Trinajstić information content (AvgIpc) is 2.73. The number of fused-ring (bicyclic) bond motifs is 1. The fourth-order valence-electron chi connectivity index (χ4n) is 3.65. The van der Waals surface area contributed by atoms with Crippen molar-refractivity contribution >= 4 is 23.2 Å². The molecule has 0 unspecified atom stereocenters. The Morgan fingerprint density at radius 2 is 1.93 bits per heavy atom. The Bertz CT molecular complexity index is 1080. The molecule has 0 bridgehead atoms. The average molecular weight is 403 g/mol. The molecule has 1 amide bonds. The summed E-state index contributed by atoms with van der Waals surface area (Å²) in [6.45, 7) is 7.67. The van der Waals surface area contributed by atoms with Gasteiger partial charge in [0.05, 0.1) is 5.69 Å². The molecule has 2 aromatic heterocycles. The Kier molecular flexibility index (Phi) is 5.35. The Labute approximate surface area is 176 Å². The number of aromatic nitrogens is 3. The van der Waals surface area contributed by atoms with E-state index in [9.17, 15) is 4.79 Å². The highest BCUT2D eigenvalue weighted by Crippen LogP contribution is 2.25. The van der Waals surface area contributed by atoms with Crippen molar-refractivity contribution < 1.29 is 4.79 Å². The smallest absolute Gasteiger partial charge is 0.274 e. The van der Waals surface area contributed by atoms with Crippen LogP contribution in [0.2, 0.25) is 0 Å². The number of amides is 1. The fraction of sp³-hybridized carbons (Fsp3) is 0.304. The Morgan fingerprint density at radius 1 is 1.17 bits per heavy atom. The lowest BCUT2D eigenvalue weighted by molar-refractivity contribution is 0.102. The first-order valence-corrected chi connectivity index (χ1v) is 10.1. The number of nitrogens with two attached hydrogens (primary N) is 1. The van der Waals surface area contributed by atoms with Gasteiger partial charge in [0.15, 0.2) is 0 Å². The molecule has 3 N–H and O–H groups in total. The zero-order valence-corrected chi connectivity index (χ0v) is 17.5. The Morgan fingerprint density at radius 3 is 2.67 bits per heavy atom. The summed E-state index contributed by atoms with van der Waals surface area (Å²) in [7, 11) is 0. The van der Waals surface area contributed by atoms with E-state index >= 15 is 0 Å². The molecule has 1 aromatic carbocycles. The maximum atomic E-state index is 12.8. The first-order chi connectivity index (χ1) is 14.4. The molecule has 3 heterocycles. The molecule has 0 spiro atoms. The van der Waals surface area contributed by atoms with Crippen molar-refractivity contribution in [1.82, 2.24) is 15.0 Å². The summed E-state index contributed by atoms with van der Waals surface area (Å²) in [5.41, 5.74) is 11.9. The van der Waals surface area contributed by atoms with Crippen LogP contribution in [0.25, 0.3) is 0 Å². The first kappa shape index (κ1) is 19.8. The van der Waals surface area contributed by atoms with Gasteiger partial charge in [-0.2, -0.15) is 0 Å². The predicted octanol–water partition coefficient (Wildman–Crippen LogP) is 3.70. The van der Waals surface area contributed by atoms with Gasteiger partial charge in [-0.05, 0) is 42.7 Å². The molecule has 7 nitrogen and oxygen atoms in total. The summed E-state index contributed by atoms with van der Waals surface area (Å²) in [5, 5.41) is 2.95. The summed E-state index contributed by atoms with van der Waals surface area (Å²) >= 11 is 0. The Balaban J connectivity index is 1.53. The molecule has 3 aromatic rings. The number of benzene rings is 1. The molecule has 0 saturated carbocycles. The molecule has 1 aliphatic heterocycles. The van der Waals surface area contributed by atoms with Gasteiger partial charge in [-0.3, -0.25) is 4.79 Å². The number of carbonyl (C=O) groups excluding carboxylic acids is 1. The number of nitrogen functional groups attached to an aromatic ring is 1. The molecule has 7 heteroatoms. The summed E-state index contributed by atoms with van der Waals surface area (Å²) < 4.78 is 0. The molecule has 0 aliphatic carbocycles. The highest BCUT2D eigenvalue weighted by Gasteiger charge is 2.20. The van der Waals surface area contributed by atoms with E-state index in [4.69, 9.17) is 5.73 Å². The third kappa shape index (κ3) is 4.25. The monoisotopic (exact) mass is 402 g/mol. The normalized spacial score (nSPS) is 13.3. The van der Waals surface area contributed by atoms with Crippen LogP contribution in [-0.4, -0.2) is 27.4 Å². The van der Waals surface area contributed by atoms with Crippen LogP contribution in [0.4, 0.5) is 17.3 Å². The lowest BCUT2D eigenvalue weighted by Crippen LogP contribution is -2.31. The van der Waals surface area contributed by atoms with Crippen LogP contribution in [0.15, 0.2) is 42.6 Å². The maximum Gasteiger partial charge on any atom is 0.274 e. The van der Waals surface area contributed by atoms with E-state index in [1.807, 2.05) is 43.3 Å². The SMILES string of the molecule is Cc1cc(N2CCc3nc(N)ncc3C2)cc(C(=O)Nc2ccc(C(C)C)cc2)n1. The number of rotatable bonds is 4. The van der Waals surface area contributed by atoms with E-state index < -0.39 is 0 Å². The van der Waals surface area contributed by atoms with E-state index in [0.29, 0.717) is 24.1 Å². The van der Waals surface area contributed by atoms with Gasteiger partial charge in [0.25, 0.3) is 5.91 Å². The number of anilines is 3. The minimum atomic E-state index is -0.217. The van der Waals surface area contributed by atoms with Crippen LogP contribution in [0, 0.1) is 6.92 Å². The molecular weight excluding hydrogens is 376 g/mol. The lowest BCUT2D eigenvalue weighted by Gasteiger charge is -2.30. The maximum absolute atomic E-state index is 12.8. The molecule has 0 saturated heterocycles. The molecule has 0 radical (unpaired) electrons. The van der Waals surface area contributed by atoms with Crippen molar-refractivity contribution in [2.75, 3.05) is 22.5 Å². The third-order valence-corrected chi connectivity index (χ3v) is 5.32. The molecule has 4 rings (SSSR count). The van der Waals surface area contributed by atoms with E-state index in [1.165, 1.54) is 5.56 Å². The number of pyridine rings is 1. The third-order valence-electron chi connectivity index (χ3n) is 5.32. The second kappa shape index (κ2) is 8.10. The van der Waals surface area contributed by atoms with Crippen molar-refractivity contribution in [3.05, 3.63) is 70.8 Å². The second-order valence-electron chi connectivity index (χ2n) is 7.95. The highest BCUT2D eigenvalue weighted by molar-refractivity contribution is 6.03. The summed E-state index contributed by atoms with van der Waals surface area (Å²) in [4.78, 5) is 27.9. The number of hydrogen-bond donors (Lipinski definition) is 2. The van der Waals surface area contributed by atoms with Crippen molar-refractivity contribution in [2.45, 2.75) is 39.7 Å². The zero-order chi connectivity index (χ0) is 21.3. The number of carbonyl (C=O) groups is 1. The molecule has 154 valence electrons. The standard InChI is InChI=1S/C23H26N6O/c1-14(2)16-4-6-18(7-5-16)27-22(30)21-11-19(10-15(3)26-21)29-9-8-20-17(13-29)12-25-23(24)28-20/h4-7,10-12,14H,8-9,13H2,1-3H3,(H,27,30)(H2,24,25,28). The first-order valence-electron chi connectivity index (χ1n) is 10.1. The highest BCUT2D eigenvalue weighted by atomic mass is 16.1. The van der Waals surface area contributed by atoms with Crippen molar-refractivity contribution in [1.29, 1.82) is 0 Å². The summed E-state index contributed by atoms with van der Waals surface area (Å²) in [6, 6.07) is 11.8. The summed E-state index contributed by atoms with van der Waals surface area (Å²) in [6.07, 6.45) is 2.57. The quantitative estimate of drug-likeness (QED) is 0.691. The van der Waals surface area contributed by atoms with Crippen molar-refractivity contribution in [2.24, 2.45) is 0 Å². The van der Waals surface area contributed by atoms with Gasteiger partial charge in [0.1, 0.15) is 5.69 Å². The second-order valence-corrected chi connectivity index (χ2v) is 7.95. The number of hydrogen-bond acceptors (Lipinski definition) is 6. The number of nitrogens with one attached hydrogen (secondary N) is 1. The minimum Gasteiger partial charge on any atom is -0.368 e. The predicted molar refractivity (Wildman–Crippen MR) is 119 cm³/mol. The number of aryl methyl sites for hydroxylation is 1. The molecule has 0 fully saturated rings. The van der Waals surface area contributed by atoms with Crippen LogP contribution in [0.5, 0.6) is 0 Å². The van der Waals surface area contributed by atoms with Gasteiger partial charge in [0.2, 0.25) is 5.95 Å². The largest absolute Gasteiger partial charge is 0.368 e. The topological polar surface area (TPSA) is 97.0 Å². The van der Waals surface area contributed by atoms with Crippen LogP contribution in [0.3, 0.4) is 0 Å². The molecule has 1 aliphatic rings. The van der Waals surface area contributed by atoms with Crippen molar-refractivity contribution in [3.63, 3.8) is 0 Å². The van der Waals surface area contributed by atoms with Crippen molar-refractivity contribution in [3.8, 4) is 0 Å². The van der Waals surface area contributed by atoms with Crippen LogP contribution >= 0.6 is 0 Å². The molecular formula is C23H26N6O. The summed E-state index contributed by atoms with van der Waals surface area (Å²) in [5.74, 6) is 0.542. The Hall–Kier alpha value is -3.48. The van der Waals surface area contributed by atoms with Crippen LogP contribution in [-0.2, 0) is 13.0 Å². The van der Waals surface area contributed by atoms with Gasteiger partial charge in [0, 0.05) is 48.3 Å². The molecule has 0 atom stereocenters. The van der Waals surface area contributed by atoms with Crippen LogP contribution in [0.1, 0.15) is 52.8 Å². The van der Waals surface area contributed by atoms with E-state index in [2.05, 4.69) is 39.0 Å². The lowest BCUT2D eigenvalue weighted by atomic mass is 10.0. The fourth-order valence-corrected chi connectivity index (χ4v) is 3.65.